The van der Waals surface area contributed by atoms with Gasteiger partial charge in [-0.3, -0.25) is 0 Å². The minimum Gasteiger partial charge on any atom is -0.316 e. The fourth-order valence-corrected chi connectivity index (χ4v) is 5.64. The maximum absolute atomic E-state index is 3.23. The predicted octanol–water partition coefficient (Wildman–Crippen LogP) is 4.02. The van der Waals surface area contributed by atoms with Gasteiger partial charge in [0, 0.05) is 6.54 Å². The summed E-state index contributed by atoms with van der Waals surface area (Å²) in [6.45, 7) is 0.984. The molecule has 4 saturated carbocycles. The molecule has 1 aromatic rings. The molecular weight excluding hydrogens is 242 g/mol. The summed E-state index contributed by atoms with van der Waals surface area (Å²) in [5, 5.41) is 3.23. The summed E-state index contributed by atoms with van der Waals surface area (Å²) in [5.41, 5.74) is 2.98. The van der Waals surface area contributed by atoms with E-state index in [1.54, 1.807) is 37.7 Å². The molecule has 108 valence electrons. The third-order valence-electron chi connectivity index (χ3n) is 6.30. The van der Waals surface area contributed by atoms with E-state index >= 15 is 0 Å². The topological polar surface area (TPSA) is 12.0 Å². The highest BCUT2D eigenvalue weighted by molar-refractivity contribution is 5.23. The molecule has 1 N–H and O–H groups in total. The van der Waals surface area contributed by atoms with Gasteiger partial charge in [0.05, 0.1) is 0 Å². The van der Waals surface area contributed by atoms with Crippen LogP contribution in [0.25, 0.3) is 0 Å². The summed E-state index contributed by atoms with van der Waals surface area (Å²) in [6.07, 6.45) is 9.11. The summed E-state index contributed by atoms with van der Waals surface area (Å²) in [5.74, 6) is 5.32. The molecule has 4 fully saturated rings. The maximum atomic E-state index is 3.23. The smallest absolute Gasteiger partial charge is 0.0202 e. The Labute approximate surface area is 123 Å². The van der Waals surface area contributed by atoms with E-state index in [0.717, 1.165) is 36.1 Å². The second-order valence-corrected chi connectivity index (χ2v) is 7.65. The molecular formula is C19H27N. The van der Waals surface area contributed by atoms with E-state index in [4.69, 9.17) is 0 Å². The highest BCUT2D eigenvalue weighted by Crippen LogP contribution is 2.57. The van der Waals surface area contributed by atoms with Crippen molar-refractivity contribution in [1.82, 2.24) is 5.32 Å². The van der Waals surface area contributed by atoms with E-state index in [0.29, 0.717) is 0 Å². The minimum atomic E-state index is 0.984. The molecule has 0 aromatic heterocycles. The monoisotopic (exact) mass is 269 g/mol. The molecule has 5 rings (SSSR count). The SMILES string of the molecule is CNCc1ccc(CC2C3CC4CC(C3)CC2C4)cc1. The lowest BCUT2D eigenvalue weighted by molar-refractivity contribution is -0.0360. The van der Waals surface area contributed by atoms with Crippen LogP contribution in [0.3, 0.4) is 0 Å². The second kappa shape index (κ2) is 5.18. The number of nitrogens with one attached hydrogen (secondary N) is 1. The molecule has 0 heterocycles. The normalized spacial score (nSPS) is 38.4. The van der Waals surface area contributed by atoms with Gasteiger partial charge in [0.25, 0.3) is 0 Å². The van der Waals surface area contributed by atoms with Crippen LogP contribution in [0.2, 0.25) is 0 Å². The van der Waals surface area contributed by atoms with Crippen molar-refractivity contribution in [2.75, 3.05) is 7.05 Å². The number of benzene rings is 1. The molecule has 0 atom stereocenters. The van der Waals surface area contributed by atoms with Crippen molar-refractivity contribution in [3.8, 4) is 0 Å². The van der Waals surface area contributed by atoms with Crippen LogP contribution in [0.1, 0.15) is 43.2 Å². The molecule has 0 unspecified atom stereocenters. The minimum absolute atomic E-state index is 0.984. The number of hydrogen-bond donors (Lipinski definition) is 1. The Hall–Kier alpha value is -0.820. The summed E-state index contributed by atoms with van der Waals surface area (Å²) >= 11 is 0. The molecule has 4 bridgehead atoms. The lowest BCUT2D eigenvalue weighted by Gasteiger charge is -2.54. The summed E-state index contributed by atoms with van der Waals surface area (Å²) < 4.78 is 0. The molecule has 0 spiro atoms. The Morgan fingerprint density at radius 1 is 0.850 bits per heavy atom. The Bertz CT molecular complexity index is 433. The fourth-order valence-electron chi connectivity index (χ4n) is 5.64. The van der Waals surface area contributed by atoms with Crippen LogP contribution >= 0.6 is 0 Å². The van der Waals surface area contributed by atoms with Gasteiger partial charge in [0.15, 0.2) is 0 Å². The highest BCUT2D eigenvalue weighted by atomic mass is 14.8. The maximum Gasteiger partial charge on any atom is 0.0202 e. The molecule has 0 radical (unpaired) electrons. The van der Waals surface area contributed by atoms with Crippen LogP contribution in [0.15, 0.2) is 24.3 Å². The lowest BCUT2D eigenvalue weighted by Crippen LogP contribution is -2.45. The molecule has 0 amide bonds. The standard InChI is InChI=1S/C19H27N/c1-20-12-14-4-2-13(3-5-14)11-19-17-7-15-6-16(9-17)10-18(19)8-15/h2-5,15-20H,6-12H2,1H3. The van der Waals surface area contributed by atoms with Gasteiger partial charge in [0.2, 0.25) is 0 Å². The molecule has 0 saturated heterocycles. The Morgan fingerprint density at radius 3 is 1.95 bits per heavy atom. The average molecular weight is 269 g/mol. The van der Waals surface area contributed by atoms with Crippen LogP contribution in [0.4, 0.5) is 0 Å². The van der Waals surface area contributed by atoms with Crippen molar-refractivity contribution < 1.29 is 0 Å². The van der Waals surface area contributed by atoms with Crippen LogP contribution < -0.4 is 5.32 Å². The summed E-state index contributed by atoms with van der Waals surface area (Å²) in [6, 6.07) is 9.36. The average Bonchev–Trinajstić information content (AvgIpc) is 2.44. The summed E-state index contributed by atoms with van der Waals surface area (Å²) in [4.78, 5) is 0. The van der Waals surface area contributed by atoms with E-state index in [1.807, 2.05) is 7.05 Å². The zero-order valence-corrected chi connectivity index (χ0v) is 12.6. The highest BCUT2D eigenvalue weighted by Gasteiger charge is 2.47. The Morgan fingerprint density at radius 2 is 1.40 bits per heavy atom. The van der Waals surface area contributed by atoms with Crippen LogP contribution in [0, 0.1) is 29.6 Å². The molecule has 20 heavy (non-hydrogen) atoms. The first-order valence-electron chi connectivity index (χ1n) is 8.54. The zero-order chi connectivity index (χ0) is 13.5. The summed E-state index contributed by atoms with van der Waals surface area (Å²) in [7, 11) is 2.02. The van der Waals surface area contributed by atoms with E-state index in [1.165, 1.54) is 12.0 Å². The van der Waals surface area contributed by atoms with Crippen LogP contribution in [-0.4, -0.2) is 7.05 Å². The van der Waals surface area contributed by atoms with E-state index in [-0.39, 0.29) is 0 Å². The molecule has 1 aromatic carbocycles. The largest absolute Gasteiger partial charge is 0.316 e. The van der Waals surface area contributed by atoms with Crippen LogP contribution in [0.5, 0.6) is 0 Å². The first-order valence-corrected chi connectivity index (χ1v) is 8.54. The van der Waals surface area contributed by atoms with Gasteiger partial charge in [0.1, 0.15) is 0 Å². The number of rotatable bonds is 4. The van der Waals surface area contributed by atoms with Gasteiger partial charge in [-0.2, -0.15) is 0 Å². The Balaban J connectivity index is 1.46. The van der Waals surface area contributed by atoms with Gasteiger partial charge in [-0.25, -0.2) is 0 Å². The van der Waals surface area contributed by atoms with E-state index in [2.05, 4.69) is 29.6 Å². The van der Waals surface area contributed by atoms with Gasteiger partial charge in [-0.05, 0) is 86.3 Å². The fraction of sp³-hybridized carbons (Fsp3) is 0.684. The molecule has 1 heteroatoms. The lowest BCUT2D eigenvalue weighted by atomic mass is 9.51. The molecule has 1 nitrogen and oxygen atoms in total. The third-order valence-corrected chi connectivity index (χ3v) is 6.30. The van der Waals surface area contributed by atoms with Gasteiger partial charge in [-0.15, -0.1) is 0 Å². The second-order valence-electron chi connectivity index (χ2n) is 7.65. The zero-order valence-electron chi connectivity index (χ0n) is 12.6. The molecule has 4 aliphatic carbocycles. The van der Waals surface area contributed by atoms with E-state index < -0.39 is 0 Å². The first kappa shape index (κ1) is 12.9. The van der Waals surface area contributed by atoms with Crippen molar-refractivity contribution in [3.05, 3.63) is 35.4 Å². The number of hydrogen-bond acceptors (Lipinski definition) is 1. The van der Waals surface area contributed by atoms with Gasteiger partial charge < -0.3 is 5.32 Å². The quantitative estimate of drug-likeness (QED) is 0.870. The molecule has 4 aliphatic rings. The van der Waals surface area contributed by atoms with Crippen molar-refractivity contribution >= 4 is 0 Å². The Kier molecular flexibility index (Phi) is 3.34. The first-order chi connectivity index (χ1) is 9.81. The third kappa shape index (κ3) is 2.30. The predicted molar refractivity (Wildman–Crippen MR) is 83.4 cm³/mol. The van der Waals surface area contributed by atoms with Crippen molar-refractivity contribution in [2.45, 2.75) is 45.1 Å². The van der Waals surface area contributed by atoms with Gasteiger partial charge >= 0.3 is 0 Å². The van der Waals surface area contributed by atoms with E-state index in [9.17, 15) is 0 Å². The van der Waals surface area contributed by atoms with Crippen molar-refractivity contribution in [2.24, 2.45) is 29.6 Å². The van der Waals surface area contributed by atoms with Gasteiger partial charge in [-0.1, -0.05) is 24.3 Å². The van der Waals surface area contributed by atoms with Crippen molar-refractivity contribution in [1.29, 1.82) is 0 Å². The van der Waals surface area contributed by atoms with Crippen molar-refractivity contribution in [3.63, 3.8) is 0 Å². The molecule has 0 aliphatic heterocycles. The van der Waals surface area contributed by atoms with Crippen LogP contribution in [-0.2, 0) is 13.0 Å².